The zero-order valence-electron chi connectivity index (χ0n) is 15.1. The lowest BCUT2D eigenvalue weighted by atomic mass is 10.2. The molecule has 0 saturated carbocycles. The Bertz CT molecular complexity index is 905. The van der Waals surface area contributed by atoms with Gasteiger partial charge in [0.1, 0.15) is 6.54 Å². The first-order valence-corrected chi connectivity index (χ1v) is 10.7. The van der Waals surface area contributed by atoms with Crippen LogP contribution in [-0.2, 0) is 23.0 Å². The molecule has 9 heteroatoms. The second kappa shape index (κ2) is 7.43. The SMILES string of the molecule is CC[NH+]1CCc2nc(NC(=O)c3ccc(S(=O)(=O)N(C)C)cc3)sc2C1. The third kappa shape index (κ3) is 3.80. The van der Waals surface area contributed by atoms with Crippen LogP contribution in [0.4, 0.5) is 5.13 Å². The van der Waals surface area contributed by atoms with Crippen LogP contribution in [-0.4, -0.2) is 50.8 Å². The van der Waals surface area contributed by atoms with Crippen LogP contribution in [0.5, 0.6) is 0 Å². The number of benzene rings is 1. The Morgan fingerprint density at radius 3 is 2.62 bits per heavy atom. The Morgan fingerprint density at radius 1 is 1.31 bits per heavy atom. The van der Waals surface area contributed by atoms with E-state index in [0.29, 0.717) is 10.7 Å². The first kappa shape index (κ1) is 19.0. The van der Waals surface area contributed by atoms with Crippen LogP contribution < -0.4 is 10.2 Å². The average molecular weight is 396 g/mol. The predicted molar refractivity (Wildman–Crippen MR) is 101 cm³/mol. The van der Waals surface area contributed by atoms with Gasteiger partial charge in [-0.3, -0.25) is 10.1 Å². The number of amides is 1. The third-order valence-electron chi connectivity index (χ3n) is 4.52. The first-order chi connectivity index (χ1) is 12.3. The van der Waals surface area contributed by atoms with Crippen molar-refractivity contribution in [3.05, 3.63) is 40.4 Å². The molecule has 1 aliphatic rings. The highest BCUT2D eigenvalue weighted by molar-refractivity contribution is 7.89. The molecule has 2 heterocycles. The normalized spacial score (nSPS) is 17.2. The van der Waals surface area contributed by atoms with E-state index in [4.69, 9.17) is 0 Å². The summed E-state index contributed by atoms with van der Waals surface area (Å²) in [5.74, 6) is -0.287. The van der Waals surface area contributed by atoms with Crippen LogP contribution in [0.25, 0.3) is 0 Å². The number of sulfonamides is 1. The van der Waals surface area contributed by atoms with Crippen molar-refractivity contribution in [2.75, 3.05) is 32.5 Å². The number of nitrogens with zero attached hydrogens (tertiary/aromatic N) is 2. The Morgan fingerprint density at radius 2 is 2.00 bits per heavy atom. The van der Waals surface area contributed by atoms with Gasteiger partial charge in [-0.05, 0) is 31.2 Å². The minimum absolute atomic E-state index is 0.159. The molecule has 1 aromatic carbocycles. The van der Waals surface area contributed by atoms with Crippen molar-refractivity contribution in [3.63, 3.8) is 0 Å². The summed E-state index contributed by atoms with van der Waals surface area (Å²) in [5.41, 5.74) is 1.48. The van der Waals surface area contributed by atoms with Gasteiger partial charge in [0.2, 0.25) is 10.0 Å². The van der Waals surface area contributed by atoms with Gasteiger partial charge in [0, 0.05) is 26.1 Å². The maximum atomic E-state index is 12.4. The van der Waals surface area contributed by atoms with E-state index < -0.39 is 10.0 Å². The maximum absolute atomic E-state index is 12.4. The van der Waals surface area contributed by atoms with Crippen LogP contribution in [0.3, 0.4) is 0 Å². The van der Waals surface area contributed by atoms with Crippen molar-refractivity contribution in [1.82, 2.24) is 9.29 Å². The quantitative estimate of drug-likeness (QED) is 0.777. The molecule has 0 spiro atoms. The summed E-state index contributed by atoms with van der Waals surface area (Å²) in [4.78, 5) is 19.9. The molecule has 140 valence electrons. The number of hydrogen-bond acceptors (Lipinski definition) is 5. The highest BCUT2D eigenvalue weighted by Crippen LogP contribution is 2.25. The standard InChI is InChI=1S/C17H22N4O3S2/c1-4-21-10-9-14-15(11-21)25-17(18-14)19-16(22)12-5-7-13(8-6-12)26(23,24)20(2)3/h5-8H,4,9-11H2,1-3H3,(H,18,19,22)/p+1. The lowest BCUT2D eigenvalue weighted by Gasteiger charge is -2.20. The van der Waals surface area contributed by atoms with Crippen molar-refractivity contribution in [2.45, 2.75) is 24.8 Å². The van der Waals surface area contributed by atoms with Crippen molar-refractivity contribution >= 4 is 32.4 Å². The molecule has 1 amide bonds. The Hall–Kier alpha value is -1.81. The largest absolute Gasteiger partial charge is 0.330 e. The number of fused-ring (bicyclic) bond motifs is 1. The van der Waals surface area contributed by atoms with E-state index in [2.05, 4.69) is 17.2 Å². The summed E-state index contributed by atoms with van der Waals surface area (Å²) in [7, 11) is -0.552. The number of carbonyl (C=O) groups excluding carboxylic acids is 1. The van der Waals surface area contributed by atoms with Gasteiger partial charge in [0.15, 0.2) is 5.13 Å². The maximum Gasteiger partial charge on any atom is 0.257 e. The molecule has 7 nitrogen and oxygen atoms in total. The Kier molecular flexibility index (Phi) is 5.42. The molecular formula is C17H23N4O3S2+. The molecule has 0 radical (unpaired) electrons. The lowest BCUT2D eigenvalue weighted by Crippen LogP contribution is -3.11. The van der Waals surface area contributed by atoms with Crippen LogP contribution in [0.15, 0.2) is 29.2 Å². The molecule has 0 fully saturated rings. The molecular weight excluding hydrogens is 372 g/mol. The van der Waals surface area contributed by atoms with Crippen molar-refractivity contribution in [1.29, 1.82) is 0 Å². The number of anilines is 1. The molecule has 0 bridgehead atoms. The summed E-state index contributed by atoms with van der Waals surface area (Å²) >= 11 is 1.52. The number of likely N-dealkylation sites (N-methyl/N-ethyl adjacent to an activating group) is 1. The zero-order chi connectivity index (χ0) is 18.9. The fraction of sp³-hybridized carbons (Fsp3) is 0.412. The number of carbonyl (C=O) groups is 1. The summed E-state index contributed by atoms with van der Waals surface area (Å²) in [6.07, 6.45) is 0.933. The van der Waals surface area contributed by atoms with Gasteiger partial charge in [-0.25, -0.2) is 17.7 Å². The number of thiazole rings is 1. The molecule has 1 aliphatic heterocycles. The van der Waals surface area contributed by atoms with Crippen LogP contribution in [0.2, 0.25) is 0 Å². The number of quaternary nitrogens is 1. The van der Waals surface area contributed by atoms with Gasteiger partial charge < -0.3 is 4.90 Å². The molecule has 3 rings (SSSR count). The van der Waals surface area contributed by atoms with Crippen molar-refractivity contribution in [2.24, 2.45) is 0 Å². The van der Waals surface area contributed by atoms with Gasteiger partial charge in [0.25, 0.3) is 5.91 Å². The van der Waals surface area contributed by atoms with E-state index in [9.17, 15) is 13.2 Å². The fourth-order valence-electron chi connectivity index (χ4n) is 2.84. The zero-order valence-corrected chi connectivity index (χ0v) is 16.7. The highest BCUT2D eigenvalue weighted by Gasteiger charge is 2.23. The van der Waals surface area contributed by atoms with Gasteiger partial charge in [-0.1, -0.05) is 11.3 Å². The second-order valence-corrected chi connectivity index (χ2v) is 9.67. The molecule has 26 heavy (non-hydrogen) atoms. The first-order valence-electron chi connectivity index (χ1n) is 8.47. The number of nitrogens with one attached hydrogen (secondary N) is 2. The molecule has 1 unspecified atom stereocenters. The van der Waals surface area contributed by atoms with E-state index in [1.54, 1.807) is 0 Å². The molecule has 2 aromatic rings. The van der Waals surface area contributed by atoms with E-state index >= 15 is 0 Å². The monoisotopic (exact) mass is 395 g/mol. The Balaban J connectivity index is 1.72. The summed E-state index contributed by atoms with van der Waals surface area (Å²) in [5, 5.41) is 3.43. The summed E-state index contributed by atoms with van der Waals surface area (Å²) in [6.45, 7) is 5.28. The smallest absolute Gasteiger partial charge is 0.257 e. The van der Waals surface area contributed by atoms with E-state index in [1.165, 1.54) is 59.5 Å². The van der Waals surface area contributed by atoms with Gasteiger partial charge >= 0.3 is 0 Å². The van der Waals surface area contributed by atoms with Crippen LogP contribution in [0.1, 0.15) is 27.9 Å². The topological polar surface area (TPSA) is 83.8 Å². The van der Waals surface area contributed by atoms with E-state index in [-0.39, 0.29) is 10.8 Å². The molecule has 2 N–H and O–H groups in total. The molecule has 1 aromatic heterocycles. The van der Waals surface area contributed by atoms with Crippen LogP contribution in [0, 0.1) is 0 Å². The summed E-state index contributed by atoms with van der Waals surface area (Å²) in [6, 6.07) is 5.92. The highest BCUT2D eigenvalue weighted by atomic mass is 32.2. The number of hydrogen-bond donors (Lipinski definition) is 2. The number of rotatable bonds is 5. The van der Waals surface area contributed by atoms with Crippen molar-refractivity contribution < 1.29 is 18.1 Å². The minimum atomic E-state index is -3.50. The van der Waals surface area contributed by atoms with E-state index in [0.717, 1.165) is 36.1 Å². The van der Waals surface area contributed by atoms with Gasteiger partial charge in [-0.2, -0.15) is 0 Å². The van der Waals surface area contributed by atoms with Gasteiger partial charge in [-0.15, -0.1) is 0 Å². The van der Waals surface area contributed by atoms with Crippen LogP contribution >= 0.6 is 11.3 Å². The summed E-state index contributed by atoms with van der Waals surface area (Å²) < 4.78 is 25.3. The van der Waals surface area contributed by atoms with Gasteiger partial charge in [0.05, 0.1) is 28.6 Å². The lowest BCUT2D eigenvalue weighted by molar-refractivity contribution is -0.913. The molecule has 0 saturated heterocycles. The Labute approximate surface area is 157 Å². The van der Waals surface area contributed by atoms with Crippen molar-refractivity contribution in [3.8, 4) is 0 Å². The predicted octanol–water partition coefficient (Wildman–Crippen LogP) is 0.607. The second-order valence-electron chi connectivity index (χ2n) is 6.44. The van der Waals surface area contributed by atoms with E-state index in [1.807, 2.05) is 0 Å². The average Bonchev–Trinajstić information content (AvgIpc) is 3.02. The molecule has 0 aliphatic carbocycles. The number of aromatic nitrogens is 1. The fourth-order valence-corrected chi connectivity index (χ4v) is 4.82. The third-order valence-corrected chi connectivity index (χ3v) is 7.36. The molecule has 1 atom stereocenters. The minimum Gasteiger partial charge on any atom is -0.330 e.